The molecule has 5 aliphatic rings. The van der Waals surface area contributed by atoms with Crippen molar-refractivity contribution < 1.29 is 14.3 Å². The number of carbonyl (C=O) groups is 1. The van der Waals surface area contributed by atoms with E-state index in [1.54, 1.807) is 0 Å². The third-order valence-electron chi connectivity index (χ3n) is 7.34. The zero-order valence-electron chi connectivity index (χ0n) is 14.0. The van der Waals surface area contributed by atoms with E-state index in [4.69, 9.17) is 9.47 Å². The Bertz CT molecular complexity index is 488. The molecule has 0 aromatic carbocycles. The van der Waals surface area contributed by atoms with Gasteiger partial charge < -0.3 is 19.7 Å². The highest BCUT2D eigenvalue weighted by molar-refractivity contribution is 5.75. The molecule has 2 bridgehead atoms. The number of rotatable bonds is 2. The van der Waals surface area contributed by atoms with Gasteiger partial charge in [-0.2, -0.15) is 0 Å². The largest absolute Gasteiger partial charge is 0.347 e. The molecule has 2 heterocycles. The van der Waals surface area contributed by atoms with Crippen LogP contribution >= 0.6 is 0 Å². The highest BCUT2D eigenvalue weighted by Crippen LogP contribution is 2.65. The van der Waals surface area contributed by atoms with Gasteiger partial charge in [0.15, 0.2) is 5.79 Å². The third-order valence-corrected chi connectivity index (χ3v) is 7.34. The third kappa shape index (κ3) is 2.23. The van der Waals surface area contributed by atoms with Crippen molar-refractivity contribution in [3.63, 3.8) is 0 Å². The second kappa shape index (κ2) is 5.09. The maximum Gasteiger partial charge on any atom is 0.317 e. The van der Waals surface area contributed by atoms with Gasteiger partial charge in [-0.1, -0.05) is 0 Å². The molecule has 0 aromatic heterocycles. The van der Waals surface area contributed by atoms with E-state index in [9.17, 15) is 4.79 Å². The average molecular weight is 320 g/mol. The summed E-state index contributed by atoms with van der Waals surface area (Å²) in [5.41, 5.74) is 0. The molecule has 0 spiro atoms. The van der Waals surface area contributed by atoms with Crippen LogP contribution in [-0.2, 0) is 9.47 Å². The number of nitrogens with zero attached hydrogens (tertiary/aromatic N) is 1. The lowest BCUT2D eigenvalue weighted by molar-refractivity contribution is -0.189. The Balaban J connectivity index is 1.19. The fourth-order valence-electron chi connectivity index (χ4n) is 6.11. The number of nitrogens with one attached hydrogen (secondary N) is 1. The van der Waals surface area contributed by atoms with Crippen LogP contribution in [0.15, 0.2) is 0 Å². The van der Waals surface area contributed by atoms with E-state index in [2.05, 4.69) is 5.32 Å². The minimum absolute atomic E-state index is 0.148. The summed E-state index contributed by atoms with van der Waals surface area (Å²) in [6, 6.07) is 0.624. The number of carbonyl (C=O) groups excluding carboxylic acids is 1. The SMILES string of the molecule is CC1([C@@H]2CCCN(C(=O)NC3[C@H]4[C@H]5CC[C@@H](C5)[C@H]34)C2)OCCO1. The van der Waals surface area contributed by atoms with Gasteiger partial charge in [-0.15, -0.1) is 0 Å². The van der Waals surface area contributed by atoms with Crippen LogP contribution < -0.4 is 5.32 Å². The molecule has 2 amide bonds. The van der Waals surface area contributed by atoms with Gasteiger partial charge in [0, 0.05) is 25.0 Å². The fraction of sp³-hybridized carbons (Fsp3) is 0.944. The molecule has 3 aliphatic carbocycles. The zero-order valence-corrected chi connectivity index (χ0v) is 14.0. The highest BCUT2D eigenvalue weighted by Gasteiger charge is 2.65. The molecule has 5 atom stereocenters. The van der Waals surface area contributed by atoms with Crippen LogP contribution in [0, 0.1) is 29.6 Å². The van der Waals surface area contributed by atoms with E-state index in [0.717, 1.165) is 49.6 Å². The van der Waals surface area contributed by atoms with E-state index in [-0.39, 0.29) is 6.03 Å². The van der Waals surface area contributed by atoms with Crippen LogP contribution in [0.4, 0.5) is 4.79 Å². The highest BCUT2D eigenvalue weighted by atomic mass is 16.7. The first-order chi connectivity index (χ1) is 11.2. The fourth-order valence-corrected chi connectivity index (χ4v) is 6.11. The first kappa shape index (κ1) is 14.5. The number of piperidine rings is 1. The molecule has 0 radical (unpaired) electrons. The second-order valence-electron chi connectivity index (χ2n) is 8.46. The lowest BCUT2D eigenvalue weighted by Crippen LogP contribution is -2.52. The van der Waals surface area contributed by atoms with Crippen molar-refractivity contribution in [1.82, 2.24) is 10.2 Å². The number of amides is 2. The molecule has 5 nitrogen and oxygen atoms in total. The Morgan fingerprint density at radius 1 is 1.13 bits per heavy atom. The average Bonchev–Trinajstić information content (AvgIpc) is 2.96. The van der Waals surface area contributed by atoms with Gasteiger partial charge in [-0.3, -0.25) is 0 Å². The Morgan fingerprint density at radius 2 is 1.83 bits per heavy atom. The molecule has 2 saturated heterocycles. The maximum atomic E-state index is 12.7. The number of ether oxygens (including phenoxy) is 2. The number of likely N-dealkylation sites (tertiary alicyclic amines) is 1. The van der Waals surface area contributed by atoms with Crippen LogP contribution in [0.2, 0.25) is 0 Å². The summed E-state index contributed by atoms with van der Waals surface area (Å²) >= 11 is 0. The topological polar surface area (TPSA) is 50.8 Å². The molecule has 5 heteroatoms. The van der Waals surface area contributed by atoms with Gasteiger partial charge in [-0.25, -0.2) is 4.79 Å². The minimum Gasteiger partial charge on any atom is -0.347 e. The van der Waals surface area contributed by atoms with Gasteiger partial charge >= 0.3 is 6.03 Å². The molecule has 3 saturated carbocycles. The molecule has 0 unspecified atom stereocenters. The van der Waals surface area contributed by atoms with Crippen molar-refractivity contribution >= 4 is 6.03 Å². The van der Waals surface area contributed by atoms with E-state index >= 15 is 0 Å². The van der Waals surface area contributed by atoms with Gasteiger partial charge in [-0.05, 0) is 62.7 Å². The van der Waals surface area contributed by atoms with E-state index in [1.165, 1.54) is 19.3 Å². The number of urea groups is 1. The number of fused-ring (bicyclic) bond motifs is 5. The van der Waals surface area contributed by atoms with Crippen molar-refractivity contribution in [1.29, 1.82) is 0 Å². The molecule has 5 fully saturated rings. The van der Waals surface area contributed by atoms with E-state index in [1.807, 2.05) is 11.8 Å². The minimum atomic E-state index is -0.492. The predicted octanol–water partition coefficient (Wildman–Crippen LogP) is 2.22. The molecule has 1 N–H and O–H groups in total. The van der Waals surface area contributed by atoms with Crippen LogP contribution in [-0.4, -0.2) is 49.1 Å². The smallest absolute Gasteiger partial charge is 0.317 e. The predicted molar refractivity (Wildman–Crippen MR) is 84.7 cm³/mol. The van der Waals surface area contributed by atoms with E-state index < -0.39 is 5.79 Å². The van der Waals surface area contributed by atoms with Crippen LogP contribution in [0.5, 0.6) is 0 Å². The molecule has 2 aliphatic heterocycles. The maximum absolute atomic E-state index is 12.7. The summed E-state index contributed by atoms with van der Waals surface area (Å²) in [5, 5.41) is 3.36. The Hall–Kier alpha value is -0.810. The summed E-state index contributed by atoms with van der Waals surface area (Å²) in [6.45, 7) is 5.01. The van der Waals surface area contributed by atoms with Crippen molar-refractivity contribution in [3.8, 4) is 0 Å². The summed E-state index contributed by atoms with van der Waals surface area (Å²) in [5.74, 6) is 3.22. The Kier molecular flexibility index (Phi) is 3.22. The Morgan fingerprint density at radius 3 is 2.52 bits per heavy atom. The second-order valence-corrected chi connectivity index (χ2v) is 8.46. The Labute approximate surface area is 138 Å². The van der Waals surface area contributed by atoms with Crippen LogP contribution in [0.25, 0.3) is 0 Å². The van der Waals surface area contributed by atoms with Crippen LogP contribution in [0.3, 0.4) is 0 Å². The van der Waals surface area contributed by atoms with Crippen LogP contribution in [0.1, 0.15) is 39.0 Å². The van der Waals surface area contributed by atoms with Gasteiger partial charge in [0.05, 0.1) is 13.2 Å². The van der Waals surface area contributed by atoms with E-state index in [0.29, 0.717) is 25.2 Å². The summed E-state index contributed by atoms with van der Waals surface area (Å²) in [7, 11) is 0. The first-order valence-corrected chi connectivity index (χ1v) is 9.49. The van der Waals surface area contributed by atoms with Crippen molar-refractivity contribution in [2.24, 2.45) is 29.6 Å². The van der Waals surface area contributed by atoms with Crippen molar-refractivity contribution in [3.05, 3.63) is 0 Å². The lowest BCUT2D eigenvalue weighted by Gasteiger charge is -2.39. The van der Waals surface area contributed by atoms with Crippen molar-refractivity contribution in [2.75, 3.05) is 26.3 Å². The number of hydrogen-bond donors (Lipinski definition) is 1. The van der Waals surface area contributed by atoms with Crippen molar-refractivity contribution in [2.45, 2.75) is 50.9 Å². The first-order valence-electron chi connectivity index (χ1n) is 9.49. The number of hydrogen-bond acceptors (Lipinski definition) is 3. The monoisotopic (exact) mass is 320 g/mol. The summed E-state index contributed by atoms with van der Waals surface area (Å²) < 4.78 is 11.6. The van der Waals surface area contributed by atoms with Gasteiger partial charge in [0.1, 0.15) is 0 Å². The molecular weight excluding hydrogens is 292 g/mol. The summed E-state index contributed by atoms with van der Waals surface area (Å²) in [6.07, 6.45) is 6.36. The normalized spacial score (nSPS) is 46.7. The standard InChI is InChI=1S/C18H28N2O3/c1-18(22-7-8-23-18)13-3-2-6-20(10-13)17(21)19-16-14-11-4-5-12(9-11)15(14)16/h11-16H,2-10H2,1H3,(H,19,21)/t11-,12-,13+,14-,15-/m0/s1. The molecule has 128 valence electrons. The van der Waals surface area contributed by atoms with Gasteiger partial charge in [0.2, 0.25) is 0 Å². The summed E-state index contributed by atoms with van der Waals surface area (Å²) in [4.78, 5) is 14.7. The van der Waals surface area contributed by atoms with Gasteiger partial charge in [0.25, 0.3) is 0 Å². The molecule has 5 rings (SSSR count). The zero-order chi connectivity index (χ0) is 15.6. The quantitative estimate of drug-likeness (QED) is 0.849. The molecule has 23 heavy (non-hydrogen) atoms. The molecular formula is C18H28N2O3. The molecule has 0 aromatic rings. The lowest BCUT2D eigenvalue weighted by atomic mass is 9.90.